The van der Waals surface area contributed by atoms with E-state index in [0.29, 0.717) is 36.4 Å². The van der Waals surface area contributed by atoms with Crippen LogP contribution in [0.25, 0.3) is 33.2 Å². The third-order valence-corrected chi connectivity index (χ3v) is 6.24. The summed E-state index contributed by atoms with van der Waals surface area (Å²) in [5, 5.41) is 4.76. The van der Waals surface area contributed by atoms with Crippen molar-refractivity contribution in [3.05, 3.63) is 84.2 Å². The van der Waals surface area contributed by atoms with Gasteiger partial charge < -0.3 is 19.8 Å². The van der Waals surface area contributed by atoms with Crippen LogP contribution >= 0.6 is 0 Å². The molecule has 0 aliphatic rings. The third kappa shape index (κ3) is 4.73. The van der Waals surface area contributed by atoms with Gasteiger partial charge in [-0.2, -0.15) is 0 Å². The number of nitrogens with zero attached hydrogens (tertiary/aromatic N) is 1. The Bertz CT molecular complexity index is 1560. The number of anilines is 1. The Labute approximate surface area is 208 Å². The maximum atomic E-state index is 14.1. The van der Waals surface area contributed by atoms with Crippen LogP contribution in [-0.4, -0.2) is 30.1 Å². The molecule has 5 rings (SSSR count). The summed E-state index contributed by atoms with van der Waals surface area (Å²) in [5.41, 5.74) is 4.88. The van der Waals surface area contributed by atoms with Crippen molar-refractivity contribution < 1.29 is 18.7 Å². The zero-order chi connectivity index (χ0) is 25.1. The molecule has 0 spiro atoms. The highest BCUT2D eigenvalue weighted by molar-refractivity contribution is 5.93. The smallest absolute Gasteiger partial charge is 0.224 e. The highest BCUT2D eigenvalue weighted by atomic mass is 19.1. The van der Waals surface area contributed by atoms with Gasteiger partial charge in [-0.15, -0.1) is 0 Å². The number of fused-ring (bicyclic) bond motifs is 2. The number of methoxy groups -OCH3 is 2. The Kier molecular flexibility index (Phi) is 6.54. The maximum Gasteiger partial charge on any atom is 0.224 e. The van der Waals surface area contributed by atoms with Gasteiger partial charge in [-0.25, -0.2) is 9.37 Å². The second-order valence-corrected chi connectivity index (χ2v) is 8.53. The molecule has 0 atom stereocenters. The lowest BCUT2D eigenvalue weighted by atomic mass is 10.0. The number of nitrogens with one attached hydrogen (secondary N) is 2. The van der Waals surface area contributed by atoms with Gasteiger partial charge in [-0.05, 0) is 60.9 Å². The lowest BCUT2D eigenvalue weighted by Crippen LogP contribution is -2.12. The Morgan fingerprint density at radius 1 is 1.00 bits per heavy atom. The fourth-order valence-corrected chi connectivity index (χ4v) is 4.44. The molecule has 0 fully saturated rings. The van der Waals surface area contributed by atoms with Crippen LogP contribution < -0.4 is 14.8 Å². The minimum absolute atomic E-state index is 0.130. The van der Waals surface area contributed by atoms with Crippen LogP contribution in [0.15, 0.2) is 72.8 Å². The van der Waals surface area contributed by atoms with Gasteiger partial charge in [-0.1, -0.05) is 24.3 Å². The number of para-hydroxylation sites is 1. The molecule has 7 heteroatoms. The van der Waals surface area contributed by atoms with Crippen molar-refractivity contribution in [1.29, 1.82) is 0 Å². The van der Waals surface area contributed by atoms with Crippen LogP contribution in [0.4, 0.5) is 10.1 Å². The molecule has 0 aliphatic heterocycles. The lowest BCUT2D eigenvalue weighted by Gasteiger charge is -2.12. The van der Waals surface area contributed by atoms with Crippen molar-refractivity contribution >= 4 is 33.4 Å². The highest BCUT2D eigenvalue weighted by Crippen LogP contribution is 2.33. The average Bonchev–Trinajstić information content (AvgIpc) is 3.26. The van der Waals surface area contributed by atoms with Crippen molar-refractivity contribution in [1.82, 2.24) is 9.97 Å². The zero-order valence-electron chi connectivity index (χ0n) is 20.1. The number of aromatic amines is 1. The maximum absolute atomic E-state index is 14.1. The number of hydrogen-bond acceptors (Lipinski definition) is 4. The number of carbonyl (C=O) groups excluding carboxylic acids is 1. The summed E-state index contributed by atoms with van der Waals surface area (Å²) in [6.07, 6.45) is 1.45. The van der Waals surface area contributed by atoms with E-state index in [2.05, 4.69) is 10.3 Å². The van der Waals surface area contributed by atoms with Crippen LogP contribution in [0.2, 0.25) is 0 Å². The van der Waals surface area contributed by atoms with E-state index in [-0.39, 0.29) is 11.7 Å². The molecule has 2 N–H and O–H groups in total. The van der Waals surface area contributed by atoms with Gasteiger partial charge in [0.05, 0.1) is 36.8 Å². The van der Waals surface area contributed by atoms with E-state index in [0.717, 1.165) is 38.8 Å². The van der Waals surface area contributed by atoms with Crippen molar-refractivity contribution in [2.24, 2.45) is 0 Å². The molecular weight excluding hydrogens is 457 g/mol. The van der Waals surface area contributed by atoms with Crippen LogP contribution in [0.3, 0.4) is 0 Å². The zero-order valence-corrected chi connectivity index (χ0v) is 20.1. The Morgan fingerprint density at radius 2 is 1.86 bits per heavy atom. The standard InChI is InChI=1S/C29H26FN3O3/c1-35-20-12-15-25(27(17-20)36-2)32-28(34)9-5-7-21-22-16-19(30)11-14-24(22)33-29(21)26-13-10-18-6-3-4-8-23(18)31-26/h3-4,6,8,10-17,33H,5,7,9H2,1-2H3,(H,32,34). The number of aryl methyl sites for hydroxylation is 1. The number of H-pyrrole nitrogens is 1. The first kappa shape index (κ1) is 23.4. The molecule has 3 aromatic carbocycles. The molecule has 36 heavy (non-hydrogen) atoms. The summed E-state index contributed by atoms with van der Waals surface area (Å²) in [7, 11) is 3.12. The number of rotatable bonds is 8. The molecule has 1 amide bonds. The second-order valence-electron chi connectivity index (χ2n) is 8.53. The van der Waals surface area contributed by atoms with E-state index in [1.807, 2.05) is 36.4 Å². The monoisotopic (exact) mass is 483 g/mol. The van der Waals surface area contributed by atoms with E-state index in [4.69, 9.17) is 14.5 Å². The molecule has 6 nitrogen and oxygen atoms in total. The molecule has 0 unspecified atom stereocenters. The average molecular weight is 484 g/mol. The largest absolute Gasteiger partial charge is 0.497 e. The highest BCUT2D eigenvalue weighted by Gasteiger charge is 2.16. The summed E-state index contributed by atoms with van der Waals surface area (Å²) in [6.45, 7) is 0. The molecule has 2 aromatic heterocycles. The normalized spacial score (nSPS) is 11.1. The molecule has 0 saturated carbocycles. The summed E-state index contributed by atoms with van der Waals surface area (Å²) in [6, 6.07) is 21.9. The lowest BCUT2D eigenvalue weighted by molar-refractivity contribution is -0.116. The van der Waals surface area contributed by atoms with E-state index in [1.165, 1.54) is 12.1 Å². The van der Waals surface area contributed by atoms with Gasteiger partial charge in [0, 0.05) is 28.8 Å². The van der Waals surface area contributed by atoms with Crippen LogP contribution in [0.1, 0.15) is 18.4 Å². The van der Waals surface area contributed by atoms with Crippen molar-refractivity contribution in [2.75, 3.05) is 19.5 Å². The van der Waals surface area contributed by atoms with E-state index in [9.17, 15) is 9.18 Å². The van der Waals surface area contributed by atoms with Gasteiger partial charge in [-0.3, -0.25) is 4.79 Å². The molecule has 5 aromatic rings. The summed E-state index contributed by atoms with van der Waals surface area (Å²) in [5.74, 6) is 0.741. The first-order valence-electron chi connectivity index (χ1n) is 11.7. The molecule has 0 saturated heterocycles. The molecular formula is C29H26FN3O3. The van der Waals surface area contributed by atoms with E-state index in [1.54, 1.807) is 38.5 Å². The predicted octanol–water partition coefficient (Wildman–Crippen LogP) is 6.50. The molecule has 0 aliphatic carbocycles. The number of amides is 1. The van der Waals surface area contributed by atoms with Crippen LogP contribution in [0, 0.1) is 5.82 Å². The minimum Gasteiger partial charge on any atom is -0.497 e. The molecule has 0 bridgehead atoms. The van der Waals surface area contributed by atoms with E-state index < -0.39 is 0 Å². The summed E-state index contributed by atoms with van der Waals surface area (Å²) >= 11 is 0. The van der Waals surface area contributed by atoms with Crippen LogP contribution in [0.5, 0.6) is 11.5 Å². The molecule has 182 valence electrons. The van der Waals surface area contributed by atoms with Gasteiger partial charge >= 0.3 is 0 Å². The number of hydrogen-bond donors (Lipinski definition) is 2. The Balaban J connectivity index is 1.38. The Morgan fingerprint density at radius 3 is 2.69 bits per heavy atom. The quantitative estimate of drug-likeness (QED) is 0.264. The van der Waals surface area contributed by atoms with Gasteiger partial charge in [0.25, 0.3) is 0 Å². The number of pyridine rings is 1. The van der Waals surface area contributed by atoms with Crippen molar-refractivity contribution in [3.63, 3.8) is 0 Å². The number of carbonyl (C=O) groups is 1. The third-order valence-electron chi connectivity index (χ3n) is 6.24. The van der Waals surface area contributed by atoms with Gasteiger partial charge in [0.2, 0.25) is 5.91 Å². The minimum atomic E-state index is -0.301. The fourth-order valence-electron chi connectivity index (χ4n) is 4.44. The van der Waals surface area contributed by atoms with Gasteiger partial charge in [0.1, 0.15) is 17.3 Å². The number of benzene rings is 3. The topological polar surface area (TPSA) is 76.2 Å². The summed E-state index contributed by atoms with van der Waals surface area (Å²) < 4.78 is 24.7. The number of ether oxygens (including phenoxy) is 2. The van der Waals surface area contributed by atoms with Gasteiger partial charge in [0.15, 0.2) is 0 Å². The molecule has 2 heterocycles. The van der Waals surface area contributed by atoms with Crippen molar-refractivity contribution in [3.8, 4) is 22.9 Å². The first-order valence-corrected chi connectivity index (χ1v) is 11.7. The summed E-state index contributed by atoms with van der Waals surface area (Å²) in [4.78, 5) is 21.0. The predicted molar refractivity (Wildman–Crippen MR) is 140 cm³/mol. The SMILES string of the molecule is COc1ccc(NC(=O)CCCc2c(-c3ccc4ccccc4n3)[nH]c3ccc(F)cc23)c(OC)c1. The van der Waals surface area contributed by atoms with Crippen LogP contribution in [-0.2, 0) is 11.2 Å². The number of aromatic nitrogens is 2. The Hall–Kier alpha value is -4.39. The second kappa shape index (κ2) is 10.1. The van der Waals surface area contributed by atoms with Crippen molar-refractivity contribution in [2.45, 2.75) is 19.3 Å². The van der Waals surface area contributed by atoms with E-state index >= 15 is 0 Å². The first-order chi connectivity index (χ1) is 17.6. The molecule has 0 radical (unpaired) electrons. The fraction of sp³-hybridized carbons (Fsp3) is 0.172. The number of halogens is 1.